The number of benzene rings is 2. The van der Waals surface area contributed by atoms with Crippen molar-refractivity contribution in [3.05, 3.63) is 56.5 Å². The van der Waals surface area contributed by atoms with Gasteiger partial charge < -0.3 is 9.64 Å². The summed E-state index contributed by atoms with van der Waals surface area (Å²) in [5.74, 6) is 0.191. The first kappa shape index (κ1) is 21.2. The summed E-state index contributed by atoms with van der Waals surface area (Å²) in [6.07, 6.45) is 0.262. The molecule has 0 fully saturated rings. The first-order chi connectivity index (χ1) is 12.8. The van der Waals surface area contributed by atoms with E-state index in [0.717, 1.165) is 11.8 Å². The van der Waals surface area contributed by atoms with Gasteiger partial charge in [0.25, 0.3) is 11.6 Å². The molecular formula is C18H18BrFN2O4S. The molecule has 0 bridgehead atoms. The molecule has 0 atom stereocenters. The third kappa shape index (κ3) is 5.67. The van der Waals surface area contributed by atoms with Gasteiger partial charge in [0.15, 0.2) is 0 Å². The minimum absolute atomic E-state index is 0.0547. The monoisotopic (exact) mass is 456 g/mol. The standard InChI is InChI=1S/C18H18BrFN2O4S/c1-21(2)18(23)14-11-13(26-9-3-8-20)5-7-16(14)27-17-6-4-12(19)10-15(17)22(24)25/h4-7,10-11H,3,8-9H2,1-2H3. The molecule has 144 valence electrons. The number of amides is 1. The van der Waals surface area contributed by atoms with Gasteiger partial charge in [-0.1, -0.05) is 27.7 Å². The van der Waals surface area contributed by atoms with Gasteiger partial charge >= 0.3 is 0 Å². The first-order valence-corrected chi connectivity index (χ1v) is 9.60. The highest BCUT2D eigenvalue weighted by molar-refractivity contribution is 9.10. The van der Waals surface area contributed by atoms with E-state index in [0.29, 0.717) is 25.6 Å². The van der Waals surface area contributed by atoms with Crippen LogP contribution in [0.2, 0.25) is 0 Å². The summed E-state index contributed by atoms with van der Waals surface area (Å²) in [6.45, 7) is -0.276. The fourth-order valence-electron chi connectivity index (χ4n) is 2.18. The summed E-state index contributed by atoms with van der Waals surface area (Å²) in [6, 6.07) is 9.67. The zero-order chi connectivity index (χ0) is 20.0. The van der Waals surface area contributed by atoms with Crippen molar-refractivity contribution in [1.82, 2.24) is 4.90 Å². The van der Waals surface area contributed by atoms with Crippen LogP contribution >= 0.6 is 27.7 Å². The molecule has 0 aromatic heterocycles. The molecule has 2 rings (SSSR count). The minimum atomic E-state index is -0.481. The van der Waals surface area contributed by atoms with Crippen LogP contribution in [-0.4, -0.2) is 43.1 Å². The lowest BCUT2D eigenvalue weighted by Crippen LogP contribution is -2.22. The van der Waals surface area contributed by atoms with Crippen molar-refractivity contribution in [2.45, 2.75) is 16.2 Å². The Kier molecular flexibility index (Phi) is 7.61. The zero-order valence-corrected chi connectivity index (χ0v) is 17.2. The normalized spacial score (nSPS) is 10.5. The van der Waals surface area contributed by atoms with Crippen molar-refractivity contribution < 1.29 is 18.8 Å². The van der Waals surface area contributed by atoms with Crippen LogP contribution in [0.25, 0.3) is 0 Å². The number of rotatable bonds is 8. The lowest BCUT2D eigenvalue weighted by molar-refractivity contribution is -0.387. The maximum Gasteiger partial charge on any atom is 0.284 e. The Hall–Kier alpha value is -2.13. The summed E-state index contributed by atoms with van der Waals surface area (Å²) in [7, 11) is 3.24. The van der Waals surface area contributed by atoms with Gasteiger partial charge in [0.05, 0.1) is 28.7 Å². The Balaban J connectivity index is 2.41. The van der Waals surface area contributed by atoms with Gasteiger partial charge in [-0.2, -0.15) is 0 Å². The topological polar surface area (TPSA) is 72.7 Å². The van der Waals surface area contributed by atoms with E-state index < -0.39 is 11.6 Å². The molecule has 0 heterocycles. The van der Waals surface area contributed by atoms with Crippen molar-refractivity contribution in [2.24, 2.45) is 0 Å². The van der Waals surface area contributed by atoms with E-state index in [-0.39, 0.29) is 24.6 Å². The lowest BCUT2D eigenvalue weighted by atomic mass is 10.2. The van der Waals surface area contributed by atoms with Crippen molar-refractivity contribution in [1.29, 1.82) is 0 Å². The number of carbonyl (C=O) groups excluding carboxylic acids is 1. The number of nitro benzene ring substituents is 1. The number of hydrogen-bond acceptors (Lipinski definition) is 5. The Morgan fingerprint density at radius 3 is 2.59 bits per heavy atom. The molecule has 0 spiro atoms. The van der Waals surface area contributed by atoms with Crippen LogP contribution in [0, 0.1) is 10.1 Å². The predicted octanol–water partition coefficient (Wildman–Crippen LogP) is 4.95. The van der Waals surface area contributed by atoms with Gasteiger partial charge in [0, 0.05) is 36.0 Å². The smallest absolute Gasteiger partial charge is 0.284 e. The fourth-order valence-corrected chi connectivity index (χ4v) is 3.53. The van der Waals surface area contributed by atoms with Crippen molar-refractivity contribution in [3.8, 4) is 5.75 Å². The number of halogens is 2. The Morgan fingerprint density at radius 2 is 1.96 bits per heavy atom. The Bertz CT molecular complexity index is 848. The van der Waals surface area contributed by atoms with E-state index in [2.05, 4.69) is 15.9 Å². The number of hydrogen-bond donors (Lipinski definition) is 0. The van der Waals surface area contributed by atoms with Gasteiger partial charge in [-0.15, -0.1) is 0 Å². The molecule has 6 nitrogen and oxygen atoms in total. The van der Waals surface area contributed by atoms with Crippen molar-refractivity contribution in [2.75, 3.05) is 27.4 Å². The molecule has 2 aromatic rings. The first-order valence-electron chi connectivity index (χ1n) is 7.99. The Morgan fingerprint density at radius 1 is 1.26 bits per heavy atom. The summed E-state index contributed by atoms with van der Waals surface area (Å²) < 4.78 is 18.3. The van der Waals surface area contributed by atoms with E-state index in [1.165, 1.54) is 11.0 Å². The van der Waals surface area contributed by atoms with Gasteiger partial charge in [0.2, 0.25) is 0 Å². The second-order valence-electron chi connectivity index (χ2n) is 5.72. The molecule has 0 aliphatic carbocycles. The third-order valence-corrected chi connectivity index (χ3v) is 5.11. The van der Waals surface area contributed by atoms with Crippen LogP contribution in [0.1, 0.15) is 16.8 Å². The molecule has 9 heteroatoms. The highest BCUT2D eigenvalue weighted by atomic mass is 79.9. The molecule has 0 aliphatic heterocycles. The van der Waals surface area contributed by atoms with Crippen LogP contribution in [0.5, 0.6) is 5.75 Å². The SMILES string of the molecule is CN(C)C(=O)c1cc(OCCCF)ccc1Sc1ccc(Br)cc1[N+](=O)[O-]. The average molecular weight is 457 g/mol. The van der Waals surface area contributed by atoms with Crippen molar-refractivity contribution in [3.63, 3.8) is 0 Å². The molecule has 1 amide bonds. The summed E-state index contributed by atoms with van der Waals surface area (Å²) >= 11 is 4.36. The van der Waals surface area contributed by atoms with Crippen LogP contribution in [0.15, 0.2) is 50.7 Å². The van der Waals surface area contributed by atoms with Crippen LogP contribution in [0.3, 0.4) is 0 Å². The fraction of sp³-hybridized carbons (Fsp3) is 0.278. The number of alkyl halides is 1. The predicted molar refractivity (Wildman–Crippen MR) is 105 cm³/mol. The largest absolute Gasteiger partial charge is 0.493 e. The zero-order valence-electron chi connectivity index (χ0n) is 14.8. The maximum atomic E-state index is 12.6. The molecule has 0 aliphatic rings. The van der Waals surface area contributed by atoms with Gasteiger partial charge in [-0.3, -0.25) is 19.3 Å². The molecule has 27 heavy (non-hydrogen) atoms. The highest BCUT2D eigenvalue weighted by Crippen LogP contribution is 2.39. The van der Waals surface area contributed by atoms with E-state index in [1.54, 1.807) is 44.4 Å². The molecule has 0 saturated carbocycles. The number of nitro groups is 1. The molecule has 0 saturated heterocycles. The lowest BCUT2D eigenvalue weighted by Gasteiger charge is -2.15. The second-order valence-corrected chi connectivity index (χ2v) is 7.72. The summed E-state index contributed by atoms with van der Waals surface area (Å²) in [5, 5.41) is 11.3. The molecule has 0 N–H and O–H groups in total. The molecule has 0 unspecified atom stereocenters. The molecule has 2 aromatic carbocycles. The van der Waals surface area contributed by atoms with Gasteiger partial charge in [-0.25, -0.2) is 0 Å². The van der Waals surface area contributed by atoms with E-state index in [4.69, 9.17) is 4.74 Å². The van der Waals surface area contributed by atoms with Gasteiger partial charge in [0.1, 0.15) is 5.75 Å². The Labute approximate surface area is 169 Å². The third-order valence-electron chi connectivity index (χ3n) is 3.47. The van der Waals surface area contributed by atoms with Crippen LogP contribution in [0.4, 0.5) is 10.1 Å². The number of carbonyl (C=O) groups is 1. The number of nitrogens with zero attached hydrogens (tertiary/aromatic N) is 2. The minimum Gasteiger partial charge on any atom is -0.493 e. The number of ether oxygens (including phenoxy) is 1. The molecular weight excluding hydrogens is 439 g/mol. The average Bonchev–Trinajstić information content (AvgIpc) is 2.63. The van der Waals surface area contributed by atoms with Crippen LogP contribution < -0.4 is 4.74 Å². The van der Waals surface area contributed by atoms with E-state index in [9.17, 15) is 19.3 Å². The quantitative estimate of drug-likeness (QED) is 0.319. The summed E-state index contributed by atoms with van der Waals surface area (Å²) in [5.41, 5.74) is 0.306. The van der Waals surface area contributed by atoms with E-state index in [1.807, 2.05) is 0 Å². The summed E-state index contributed by atoms with van der Waals surface area (Å²) in [4.78, 5) is 25.8. The van der Waals surface area contributed by atoms with Crippen LogP contribution in [-0.2, 0) is 0 Å². The highest BCUT2D eigenvalue weighted by Gasteiger charge is 2.20. The van der Waals surface area contributed by atoms with Crippen molar-refractivity contribution >= 4 is 39.3 Å². The van der Waals surface area contributed by atoms with E-state index >= 15 is 0 Å². The second kappa shape index (κ2) is 9.70. The maximum absolute atomic E-state index is 12.6. The molecule has 0 radical (unpaired) electrons. The van der Waals surface area contributed by atoms with Gasteiger partial charge in [-0.05, 0) is 30.3 Å².